The van der Waals surface area contributed by atoms with Crippen LogP contribution < -0.4 is 11.1 Å². The molecular formula is C13H15BrN2O3. The largest absolute Gasteiger partial charge is 0.381 e. The Morgan fingerprint density at radius 2 is 2.21 bits per heavy atom. The van der Waals surface area contributed by atoms with Gasteiger partial charge in [0.2, 0.25) is 11.8 Å². The predicted molar refractivity (Wildman–Crippen MR) is 76.1 cm³/mol. The number of carbonyl (C=O) groups is 2. The van der Waals surface area contributed by atoms with Gasteiger partial charge in [0.15, 0.2) is 0 Å². The minimum absolute atomic E-state index is 0.201. The Kier molecular flexibility index (Phi) is 5.72. The van der Waals surface area contributed by atoms with Crippen LogP contribution in [0.5, 0.6) is 0 Å². The van der Waals surface area contributed by atoms with Crippen molar-refractivity contribution in [2.75, 3.05) is 6.54 Å². The van der Waals surface area contributed by atoms with Gasteiger partial charge in [-0.05, 0) is 30.2 Å². The highest BCUT2D eigenvalue weighted by Crippen LogP contribution is 2.19. The zero-order chi connectivity index (χ0) is 14.4. The lowest BCUT2D eigenvalue weighted by atomic mass is 10.1. The zero-order valence-electron chi connectivity index (χ0n) is 10.4. The third-order valence-electron chi connectivity index (χ3n) is 2.37. The summed E-state index contributed by atoms with van der Waals surface area (Å²) in [6, 6.07) is 5.75. The van der Waals surface area contributed by atoms with Crippen molar-refractivity contribution in [1.82, 2.24) is 5.32 Å². The number of halogens is 1. The molecule has 4 N–H and O–H groups in total. The van der Waals surface area contributed by atoms with Gasteiger partial charge in [-0.2, -0.15) is 0 Å². The van der Waals surface area contributed by atoms with Crippen LogP contribution in [0.25, 0.3) is 6.08 Å². The average Bonchev–Trinajstić information content (AvgIpc) is 2.34. The second kappa shape index (κ2) is 7.06. The van der Waals surface area contributed by atoms with Crippen LogP contribution in [0.4, 0.5) is 0 Å². The number of aliphatic hydroxyl groups is 1. The molecular weight excluding hydrogens is 312 g/mol. The predicted octanol–water partition coefficient (Wildman–Crippen LogP) is 0.733. The number of aryl methyl sites for hydroxylation is 1. The fraction of sp³-hybridized carbons (Fsp3) is 0.231. The molecule has 0 saturated carbocycles. The molecule has 0 aliphatic heterocycles. The molecule has 0 aliphatic carbocycles. The maximum Gasteiger partial charge on any atom is 0.248 e. The van der Waals surface area contributed by atoms with E-state index in [-0.39, 0.29) is 6.54 Å². The maximum atomic E-state index is 11.4. The Balaban J connectivity index is 2.56. The van der Waals surface area contributed by atoms with Gasteiger partial charge in [0.1, 0.15) is 6.10 Å². The molecule has 0 aliphatic rings. The summed E-state index contributed by atoms with van der Waals surface area (Å²) in [6.07, 6.45) is 1.59. The van der Waals surface area contributed by atoms with Crippen molar-refractivity contribution in [1.29, 1.82) is 0 Å². The summed E-state index contributed by atoms with van der Waals surface area (Å²) in [6.45, 7) is 1.77. The molecule has 0 heterocycles. The minimum Gasteiger partial charge on any atom is -0.381 e. The number of nitrogens with one attached hydrogen (secondary N) is 1. The number of rotatable bonds is 5. The average molecular weight is 327 g/mol. The van der Waals surface area contributed by atoms with Crippen LogP contribution in [-0.2, 0) is 9.59 Å². The van der Waals surface area contributed by atoms with Crippen molar-refractivity contribution in [2.45, 2.75) is 13.0 Å². The maximum absolute atomic E-state index is 11.4. The summed E-state index contributed by atoms with van der Waals surface area (Å²) in [5.74, 6) is -1.28. The Morgan fingerprint density at radius 1 is 1.53 bits per heavy atom. The number of benzene rings is 1. The van der Waals surface area contributed by atoms with E-state index in [1.165, 1.54) is 6.08 Å². The first-order valence-electron chi connectivity index (χ1n) is 5.59. The highest BCUT2D eigenvalue weighted by atomic mass is 79.9. The highest BCUT2D eigenvalue weighted by molar-refractivity contribution is 9.10. The molecule has 0 fully saturated rings. The van der Waals surface area contributed by atoms with Gasteiger partial charge in [-0.25, -0.2) is 0 Å². The second-order valence-corrected chi connectivity index (χ2v) is 4.88. The van der Waals surface area contributed by atoms with Crippen LogP contribution in [-0.4, -0.2) is 29.6 Å². The van der Waals surface area contributed by atoms with E-state index < -0.39 is 17.9 Å². The van der Waals surface area contributed by atoms with Crippen molar-refractivity contribution in [3.8, 4) is 0 Å². The molecule has 0 radical (unpaired) electrons. The summed E-state index contributed by atoms with van der Waals surface area (Å²) in [5, 5.41) is 11.5. The number of hydrogen-bond acceptors (Lipinski definition) is 3. The molecule has 1 aromatic rings. The van der Waals surface area contributed by atoms with Crippen molar-refractivity contribution in [3.05, 3.63) is 39.9 Å². The first-order valence-corrected chi connectivity index (χ1v) is 6.39. The quantitative estimate of drug-likeness (QED) is 0.696. The zero-order valence-corrected chi connectivity index (χ0v) is 12.0. The molecule has 1 aromatic carbocycles. The first-order chi connectivity index (χ1) is 8.90. The van der Waals surface area contributed by atoms with Gasteiger partial charge in [-0.15, -0.1) is 0 Å². The molecule has 102 valence electrons. The van der Waals surface area contributed by atoms with E-state index in [1.807, 2.05) is 25.1 Å². The van der Waals surface area contributed by atoms with Gasteiger partial charge in [0.05, 0.1) is 6.54 Å². The highest BCUT2D eigenvalue weighted by Gasteiger charge is 2.10. The smallest absolute Gasteiger partial charge is 0.248 e. The van der Waals surface area contributed by atoms with Crippen molar-refractivity contribution in [3.63, 3.8) is 0 Å². The lowest BCUT2D eigenvalue weighted by Gasteiger charge is -2.06. The fourth-order valence-electron chi connectivity index (χ4n) is 1.29. The Labute approximate surface area is 119 Å². The van der Waals surface area contributed by atoms with Crippen molar-refractivity contribution in [2.24, 2.45) is 5.73 Å². The molecule has 1 unspecified atom stereocenters. The van der Waals surface area contributed by atoms with E-state index in [2.05, 4.69) is 21.2 Å². The van der Waals surface area contributed by atoms with Crippen LogP contribution in [0.2, 0.25) is 0 Å². The molecule has 2 amide bonds. The lowest BCUT2D eigenvalue weighted by molar-refractivity contribution is -0.126. The van der Waals surface area contributed by atoms with Crippen LogP contribution >= 0.6 is 15.9 Å². The summed E-state index contributed by atoms with van der Waals surface area (Å²) in [7, 11) is 0. The Morgan fingerprint density at radius 3 is 2.79 bits per heavy atom. The van der Waals surface area contributed by atoms with Gasteiger partial charge < -0.3 is 16.2 Å². The molecule has 1 atom stereocenters. The van der Waals surface area contributed by atoms with E-state index in [4.69, 9.17) is 10.8 Å². The summed E-state index contributed by atoms with van der Waals surface area (Å²) in [4.78, 5) is 22.0. The second-order valence-electron chi connectivity index (χ2n) is 4.02. The van der Waals surface area contributed by atoms with E-state index in [0.717, 1.165) is 15.6 Å². The van der Waals surface area contributed by atoms with Crippen molar-refractivity contribution >= 4 is 33.8 Å². The molecule has 19 heavy (non-hydrogen) atoms. The summed E-state index contributed by atoms with van der Waals surface area (Å²) >= 11 is 3.39. The van der Waals surface area contributed by atoms with Gasteiger partial charge >= 0.3 is 0 Å². The SMILES string of the molecule is Cc1ccc(/C=C/C(=O)NCC(O)C(N)=O)c(Br)c1. The molecule has 0 spiro atoms. The normalized spacial score (nSPS) is 12.4. The fourth-order valence-corrected chi connectivity index (χ4v) is 1.92. The standard InChI is InChI=1S/C13H15BrN2O3/c1-8-2-3-9(10(14)6-8)4-5-12(18)16-7-11(17)13(15)19/h2-6,11,17H,7H2,1H3,(H2,15,19)(H,16,18)/b5-4+. The van der Waals surface area contributed by atoms with E-state index in [1.54, 1.807) is 6.08 Å². The Bertz CT molecular complexity index is 515. The monoisotopic (exact) mass is 326 g/mol. The summed E-state index contributed by atoms with van der Waals surface area (Å²) in [5.41, 5.74) is 6.82. The molecule has 0 bridgehead atoms. The number of amides is 2. The van der Waals surface area contributed by atoms with E-state index in [9.17, 15) is 9.59 Å². The third-order valence-corrected chi connectivity index (χ3v) is 3.06. The number of hydrogen-bond donors (Lipinski definition) is 3. The van der Waals surface area contributed by atoms with Crippen molar-refractivity contribution < 1.29 is 14.7 Å². The number of carbonyl (C=O) groups excluding carboxylic acids is 2. The van der Waals surface area contributed by atoms with Gasteiger partial charge in [0, 0.05) is 10.5 Å². The topological polar surface area (TPSA) is 92.4 Å². The van der Waals surface area contributed by atoms with Crippen LogP contribution in [0.1, 0.15) is 11.1 Å². The van der Waals surface area contributed by atoms with Gasteiger partial charge in [-0.1, -0.05) is 28.1 Å². The molecule has 1 rings (SSSR count). The summed E-state index contributed by atoms with van der Waals surface area (Å²) < 4.78 is 0.883. The first kappa shape index (κ1) is 15.4. The van der Waals surface area contributed by atoms with E-state index >= 15 is 0 Å². The Hall–Kier alpha value is -1.66. The molecule has 0 saturated heterocycles. The van der Waals surface area contributed by atoms with E-state index in [0.29, 0.717) is 0 Å². The molecule has 0 aromatic heterocycles. The van der Waals surface area contributed by atoms with Crippen LogP contribution in [0, 0.1) is 6.92 Å². The van der Waals surface area contributed by atoms with Crippen LogP contribution in [0.3, 0.4) is 0 Å². The van der Waals surface area contributed by atoms with Gasteiger partial charge in [0.25, 0.3) is 0 Å². The molecule has 6 heteroatoms. The number of nitrogens with two attached hydrogens (primary N) is 1. The number of aliphatic hydroxyl groups excluding tert-OH is 1. The number of primary amides is 1. The van der Waals surface area contributed by atoms with Gasteiger partial charge in [-0.3, -0.25) is 9.59 Å². The lowest BCUT2D eigenvalue weighted by Crippen LogP contribution is -2.39. The molecule has 5 nitrogen and oxygen atoms in total. The van der Waals surface area contributed by atoms with Crippen LogP contribution in [0.15, 0.2) is 28.7 Å². The minimum atomic E-state index is -1.37. The third kappa shape index (κ3) is 5.23.